The van der Waals surface area contributed by atoms with Gasteiger partial charge in [0.05, 0.1) is 12.9 Å². The first-order valence-electron chi connectivity index (χ1n) is 10.1. The number of hydrogen-bond donors (Lipinski definition) is 1. The fourth-order valence-corrected chi connectivity index (χ4v) is 5.08. The fraction of sp³-hybridized carbons (Fsp3) is 0.167. The molecular formula is C24H22N4O3S2. The number of hydrogen-bond acceptors (Lipinski definition) is 7. The van der Waals surface area contributed by atoms with Gasteiger partial charge >= 0.3 is 5.97 Å². The van der Waals surface area contributed by atoms with Gasteiger partial charge in [0.25, 0.3) is 0 Å². The highest BCUT2D eigenvalue weighted by molar-refractivity contribution is 7.99. The molecule has 0 aliphatic carbocycles. The Labute approximate surface area is 199 Å². The summed E-state index contributed by atoms with van der Waals surface area (Å²) in [5, 5.41) is 14.2. The molecule has 1 N–H and O–H groups in total. The third-order valence-corrected chi connectivity index (χ3v) is 6.76. The number of nitrogens with one attached hydrogen (secondary N) is 1. The second-order valence-electron chi connectivity index (χ2n) is 7.25. The highest BCUT2D eigenvalue weighted by atomic mass is 32.2. The van der Waals surface area contributed by atoms with E-state index in [0.29, 0.717) is 15.7 Å². The average Bonchev–Trinajstić information content (AvgIpc) is 3.41. The summed E-state index contributed by atoms with van der Waals surface area (Å²) < 4.78 is 6.89. The van der Waals surface area contributed by atoms with Crippen molar-refractivity contribution in [3.05, 3.63) is 76.9 Å². The summed E-state index contributed by atoms with van der Waals surface area (Å²) in [6, 6.07) is 17.6. The molecule has 0 saturated heterocycles. The summed E-state index contributed by atoms with van der Waals surface area (Å²) in [5.74, 6) is 0.111. The van der Waals surface area contributed by atoms with Crippen molar-refractivity contribution >= 4 is 40.0 Å². The number of esters is 1. The van der Waals surface area contributed by atoms with E-state index in [0.717, 1.165) is 28.2 Å². The first-order chi connectivity index (χ1) is 16.0. The molecule has 2 aromatic heterocycles. The van der Waals surface area contributed by atoms with Crippen molar-refractivity contribution in [2.45, 2.75) is 19.0 Å². The van der Waals surface area contributed by atoms with Gasteiger partial charge in [-0.15, -0.1) is 21.5 Å². The third-order valence-electron chi connectivity index (χ3n) is 4.94. The van der Waals surface area contributed by atoms with Gasteiger partial charge < -0.3 is 10.1 Å². The van der Waals surface area contributed by atoms with E-state index in [2.05, 4.69) is 15.5 Å². The number of thioether (sulfide) groups is 1. The topological polar surface area (TPSA) is 86.1 Å². The van der Waals surface area contributed by atoms with Crippen molar-refractivity contribution in [1.82, 2.24) is 14.8 Å². The maximum absolute atomic E-state index is 12.8. The SMILES string of the molecule is COC(=O)c1c(-c2ccccc2)csc1NC(=O)CSc1nnc(C)n1-c1ccc(C)cc1. The molecule has 2 heterocycles. The maximum atomic E-state index is 12.8. The lowest BCUT2D eigenvalue weighted by Crippen LogP contribution is -2.16. The number of thiophene rings is 1. The van der Waals surface area contributed by atoms with Gasteiger partial charge in [0, 0.05) is 16.6 Å². The van der Waals surface area contributed by atoms with E-state index in [1.54, 1.807) is 0 Å². The van der Waals surface area contributed by atoms with Crippen molar-refractivity contribution in [2.75, 3.05) is 18.2 Å². The van der Waals surface area contributed by atoms with Crippen LogP contribution < -0.4 is 5.32 Å². The second-order valence-corrected chi connectivity index (χ2v) is 9.07. The molecule has 0 aliphatic heterocycles. The molecule has 7 nitrogen and oxygen atoms in total. The molecule has 0 saturated carbocycles. The van der Waals surface area contributed by atoms with E-state index in [1.807, 2.05) is 78.4 Å². The quantitative estimate of drug-likeness (QED) is 0.293. The number of aromatic nitrogens is 3. The van der Waals surface area contributed by atoms with Crippen LogP contribution in [0.1, 0.15) is 21.7 Å². The summed E-state index contributed by atoms with van der Waals surface area (Å²) in [6.07, 6.45) is 0. The predicted octanol–water partition coefficient (Wildman–Crippen LogP) is 5.13. The summed E-state index contributed by atoms with van der Waals surface area (Å²) in [4.78, 5) is 25.2. The second kappa shape index (κ2) is 10.0. The number of carbonyl (C=O) groups is 2. The first kappa shape index (κ1) is 22.8. The number of benzene rings is 2. The fourth-order valence-electron chi connectivity index (χ4n) is 3.31. The Balaban J connectivity index is 1.51. The number of carbonyl (C=O) groups excluding carboxylic acids is 2. The Morgan fingerprint density at radius 1 is 1.06 bits per heavy atom. The molecule has 0 fully saturated rings. The van der Waals surface area contributed by atoms with Crippen molar-refractivity contribution in [3.63, 3.8) is 0 Å². The average molecular weight is 479 g/mol. The van der Waals surface area contributed by atoms with Gasteiger partial charge in [0.1, 0.15) is 16.4 Å². The lowest BCUT2D eigenvalue weighted by Gasteiger charge is -2.09. The van der Waals surface area contributed by atoms with E-state index in [4.69, 9.17) is 4.74 Å². The number of ether oxygens (including phenoxy) is 1. The molecule has 0 unspecified atom stereocenters. The van der Waals surface area contributed by atoms with E-state index in [1.165, 1.54) is 30.2 Å². The third kappa shape index (κ3) is 4.99. The minimum absolute atomic E-state index is 0.114. The Bertz CT molecular complexity index is 1280. The van der Waals surface area contributed by atoms with Gasteiger partial charge in [0.2, 0.25) is 5.91 Å². The van der Waals surface area contributed by atoms with Gasteiger partial charge in [-0.25, -0.2) is 4.79 Å². The Morgan fingerprint density at radius 2 is 1.79 bits per heavy atom. The van der Waals surface area contributed by atoms with Crippen molar-refractivity contribution in [1.29, 1.82) is 0 Å². The minimum atomic E-state index is -0.493. The molecule has 0 bridgehead atoms. The molecule has 4 aromatic rings. The lowest BCUT2D eigenvalue weighted by molar-refractivity contribution is -0.113. The zero-order valence-electron chi connectivity index (χ0n) is 18.4. The number of anilines is 1. The molecule has 2 aromatic carbocycles. The van der Waals surface area contributed by atoms with E-state index < -0.39 is 5.97 Å². The minimum Gasteiger partial charge on any atom is -0.465 e. The smallest absolute Gasteiger partial charge is 0.341 e. The molecule has 0 spiro atoms. The summed E-state index contributed by atoms with van der Waals surface area (Å²) >= 11 is 2.58. The van der Waals surface area contributed by atoms with Crippen LogP contribution in [0.5, 0.6) is 0 Å². The number of aryl methyl sites for hydroxylation is 2. The molecule has 0 aliphatic rings. The normalized spacial score (nSPS) is 10.8. The van der Waals surface area contributed by atoms with Crippen LogP contribution in [0.15, 0.2) is 65.1 Å². The van der Waals surface area contributed by atoms with Crippen LogP contribution in [0.2, 0.25) is 0 Å². The number of rotatable bonds is 7. The van der Waals surface area contributed by atoms with Gasteiger partial charge in [-0.2, -0.15) is 0 Å². The Hall–Kier alpha value is -3.43. The van der Waals surface area contributed by atoms with Crippen LogP contribution in [-0.4, -0.2) is 39.5 Å². The molecule has 0 radical (unpaired) electrons. The summed E-state index contributed by atoms with van der Waals surface area (Å²) in [6.45, 7) is 3.90. The lowest BCUT2D eigenvalue weighted by atomic mass is 10.0. The van der Waals surface area contributed by atoms with Gasteiger partial charge in [-0.3, -0.25) is 9.36 Å². The van der Waals surface area contributed by atoms with Crippen LogP contribution in [0.4, 0.5) is 5.00 Å². The van der Waals surface area contributed by atoms with Crippen molar-refractivity contribution in [3.8, 4) is 16.8 Å². The van der Waals surface area contributed by atoms with Crippen molar-refractivity contribution < 1.29 is 14.3 Å². The van der Waals surface area contributed by atoms with Gasteiger partial charge in [-0.1, -0.05) is 59.8 Å². The standard InChI is InChI=1S/C24H22N4O3S2/c1-15-9-11-18(12-10-15)28-16(2)26-27-24(28)33-14-20(29)25-22-21(23(30)31-3)19(13-32-22)17-7-5-4-6-8-17/h4-13H,14H2,1-3H3,(H,25,29). The molecule has 33 heavy (non-hydrogen) atoms. The molecular weight excluding hydrogens is 456 g/mol. The van der Waals surface area contributed by atoms with E-state index in [9.17, 15) is 9.59 Å². The van der Waals surface area contributed by atoms with E-state index in [-0.39, 0.29) is 11.7 Å². The molecule has 4 rings (SSSR count). The number of amides is 1. The van der Waals surface area contributed by atoms with Crippen LogP contribution in [0, 0.1) is 13.8 Å². The molecule has 9 heteroatoms. The van der Waals surface area contributed by atoms with Crippen LogP contribution in [-0.2, 0) is 9.53 Å². The van der Waals surface area contributed by atoms with Crippen LogP contribution >= 0.6 is 23.1 Å². The van der Waals surface area contributed by atoms with Crippen LogP contribution in [0.3, 0.4) is 0 Å². The van der Waals surface area contributed by atoms with Gasteiger partial charge in [-0.05, 0) is 31.5 Å². The zero-order valence-corrected chi connectivity index (χ0v) is 20.0. The Morgan fingerprint density at radius 3 is 2.48 bits per heavy atom. The number of nitrogens with zero attached hydrogens (tertiary/aromatic N) is 3. The highest BCUT2D eigenvalue weighted by Crippen LogP contribution is 2.36. The summed E-state index contributed by atoms with van der Waals surface area (Å²) in [5.41, 5.74) is 4.05. The first-order valence-corrected chi connectivity index (χ1v) is 12.0. The molecule has 0 atom stereocenters. The zero-order chi connectivity index (χ0) is 23.4. The Kier molecular flexibility index (Phi) is 6.90. The van der Waals surface area contributed by atoms with Crippen LogP contribution in [0.25, 0.3) is 16.8 Å². The van der Waals surface area contributed by atoms with Gasteiger partial charge in [0.15, 0.2) is 5.16 Å². The predicted molar refractivity (Wildman–Crippen MR) is 131 cm³/mol. The molecule has 1 amide bonds. The van der Waals surface area contributed by atoms with Crippen molar-refractivity contribution in [2.24, 2.45) is 0 Å². The summed E-state index contributed by atoms with van der Waals surface area (Å²) in [7, 11) is 1.33. The number of methoxy groups -OCH3 is 1. The largest absolute Gasteiger partial charge is 0.465 e. The maximum Gasteiger partial charge on any atom is 0.341 e. The van der Waals surface area contributed by atoms with E-state index >= 15 is 0 Å². The monoisotopic (exact) mass is 478 g/mol. The highest BCUT2D eigenvalue weighted by Gasteiger charge is 2.22. The molecule has 168 valence electrons.